The van der Waals surface area contributed by atoms with Crippen molar-refractivity contribution in [3.8, 4) is 0 Å². The second-order valence-corrected chi connectivity index (χ2v) is 4.85. The zero-order valence-corrected chi connectivity index (χ0v) is 11.0. The van der Waals surface area contributed by atoms with E-state index in [2.05, 4.69) is 37.0 Å². The van der Waals surface area contributed by atoms with Gasteiger partial charge in [-0.15, -0.1) is 0 Å². The monoisotopic (exact) mass is 257 g/mol. The lowest BCUT2D eigenvalue weighted by Crippen LogP contribution is -2.38. The quantitative estimate of drug-likeness (QED) is 0.808. The van der Waals surface area contributed by atoms with Crippen LogP contribution in [0.5, 0.6) is 0 Å². The number of nitrogens with one attached hydrogen (secondary N) is 1. The Morgan fingerprint density at radius 2 is 2.26 bits per heavy atom. The van der Waals surface area contributed by atoms with Crippen molar-refractivity contribution in [2.75, 3.05) is 19.6 Å². The van der Waals surface area contributed by atoms with Crippen LogP contribution >= 0.6 is 0 Å². The molecule has 0 atom stereocenters. The van der Waals surface area contributed by atoms with Crippen LogP contribution in [0.1, 0.15) is 11.4 Å². The van der Waals surface area contributed by atoms with Crippen molar-refractivity contribution in [3.63, 3.8) is 0 Å². The lowest BCUT2D eigenvalue weighted by atomic mass is 10.3. The summed E-state index contributed by atoms with van der Waals surface area (Å²) in [5, 5.41) is 3.46. The van der Waals surface area contributed by atoms with Gasteiger partial charge in [0.05, 0.1) is 6.54 Å². The molecule has 3 heterocycles. The highest BCUT2D eigenvalue weighted by Gasteiger charge is 2.15. The fourth-order valence-electron chi connectivity index (χ4n) is 2.39. The van der Waals surface area contributed by atoms with Crippen LogP contribution < -0.4 is 5.32 Å². The van der Waals surface area contributed by atoms with Crippen LogP contribution in [-0.4, -0.2) is 39.1 Å². The molecule has 5 nitrogen and oxygen atoms in total. The number of hydrogen-bond donors (Lipinski definition) is 1. The summed E-state index contributed by atoms with van der Waals surface area (Å²) in [6.07, 6.45) is 7.66. The van der Waals surface area contributed by atoms with Crippen molar-refractivity contribution in [2.45, 2.75) is 19.6 Å². The molecule has 0 unspecified atom stereocenters. The van der Waals surface area contributed by atoms with Crippen LogP contribution in [0.3, 0.4) is 0 Å². The van der Waals surface area contributed by atoms with Crippen LogP contribution in [0.25, 0.3) is 0 Å². The molecule has 100 valence electrons. The van der Waals surface area contributed by atoms with Gasteiger partial charge in [-0.05, 0) is 11.6 Å². The Balaban J connectivity index is 1.40. The van der Waals surface area contributed by atoms with Crippen LogP contribution in [0.2, 0.25) is 0 Å². The molecule has 2 aromatic rings. The molecule has 19 heavy (non-hydrogen) atoms. The van der Waals surface area contributed by atoms with Crippen molar-refractivity contribution < 1.29 is 0 Å². The predicted molar refractivity (Wildman–Crippen MR) is 73.4 cm³/mol. The highest BCUT2D eigenvalue weighted by atomic mass is 15.2. The van der Waals surface area contributed by atoms with Gasteiger partial charge in [0.2, 0.25) is 0 Å². The molecular formula is C14H19N5. The van der Waals surface area contributed by atoms with E-state index in [0.717, 1.165) is 39.3 Å². The van der Waals surface area contributed by atoms with Gasteiger partial charge >= 0.3 is 0 Å². The van der Waals surface area contributed by atoms with Gasteiger partial charge in [0.25, 0.3) is 0 Å². The SMILES string of the molecule is c1cncc(CNCCN2CCn3ccnc3C2)c1. The Kier molecular flexibility index (Phi) is 3.86. The zero-order chi connectivity index (χ0) is 12.9. The number of hydrogen-bond acceptors (Lipinski definition) is 4. The molecule has 1 aliphatic rings. The molecule has 2 aromatic heterocycles. The van der Waals surface area contributed by atoms with E-state index in [0.29, 0.717) is 0 Å². The minimum atomic E-state index is 0.885. The first-order valence-electron chi connectivity index (χ1n) is 6.74. The molecular weight excluding hydrogens is 238 g/mol. The first-order valence-corrected chi connectivity index (χ1v) is 6.74. The Bertz CT molecular complexity index is 508. The van der Waals surface area contributed by atoms with E-state index in [9.17, 15) is 0 Å². The summed E-state index contributed by atoms with van der Waals surface area (Å²) in [5.74, 6) is 1.18. The number of pyridine rings is 1. The van der Waals surface area contributed by atoms with Crippen molar-refractivity contribution in [3.05, 3.63) is 48.3 Å². The molecule has 1 N–H and O–H groups in total. The molecule has 5 heteroatoms. The summed E-state index contributed by atoms with van der Waals surface area (Å²) >= 11 is 0. The highest BCUT2D eigenvalue weighted by Crippen LogP contribution is 2.09. The first-order chi connectivity index (χ1) is 9.42. The summed E-state index contributed by atoms with van der Waals surface area (Å²) in [7, 11) is 0. The molecule has 0 aliphatic carbocycles. The van der Waals surface area contributed by atoms with E-state index in [1.165, 1.54) is 11.4 Å². The number of nitrogens with zero attached hydrogens (tertiary/aromatic N) is 4. The van der Waals surface area contributed by atoms with E-state index >= 15 is 0 Å². The predicted octanol–water partition coefficient (Wildman–Crippen LogP) is 0.883. The molecule has 0 saturated carbocycles. The standard InChI is InChI=1S/C14H19N5/c1-2-13(10-15-3-1)11-16-4-6-18-8-9-19-7-5-17-14(19)12-18/h1-3,5,7,10,16H,4,6,8-9,11-12H2. The summed E-state index contributed by atoms with van der Waals surface area (Å²) in [5.41, 5.74) is 1.23. The number of fused-ring (bicyclic) bond motifs is 1. The topological polar surface area (TPSA) is 46.0 Å². The number of rotatable bonds is 5. The maximum Gasteiger partial charge on any atom is 0.122 e. The Morgan fingerprint density at radius 1 is 1.26 bits per heavy atom. The van der Waals surface area contributed by atoms with Gasteiger partial charge in [-0.3, -0.25) is 9.88 Å². The molecule has 3 rings (SSSR count). The van der Waals surface area contributed by atoms with Crippen LogP contribution in [0, 0.1) is 0 Å². The average Bonchev–Trinajstić information content (AvgIpc) is 2.92. The fraction of sp³-hybridized carbons (Fsp3) is 0.429. The van der Waals surface area contributed by atoms with Crippen molar-refractivity contribution >= 4 is 0 Å². The van der Waals surface area contributed by atoms with Crippen LogP contribution in [0.15, 0.2) is 36.9 Å². The smallest absolute Gasteiger partial charge is 0.122 e. The van der Waals surface area contributed by atoms with E-state index in [1.807, 2.05) is 18.5 Å². The van der Waals surface area contributed by atoms with E-state index in [4.69, 9.17) is 0 Å². The third-order valence-corrected chi connectivity index (χ3v) is 3.48. The lowest BCUT2D eigenvalue weighted by Gasteiger charge is -2.27. The second kappa shape index (κ2) is 5.95. The highest BCUT2D eigenvalue weighted by molar-refractivity contribution is 5.07. The molecule has 0 spiro atoms. The van der Waals surface area contributed by atoms with E-state index in [-0.39, 0.29) is 0 Å². The maximum absolute atomic E-state index is 4.38. The van der Waals surface area contributed by atoms with Gasteiger partial charge in [-0.2, -0.15) is 0 Å². The minimum Gasteiger partial charge on any atom is -0.333 e. The molecule has 0 aromatic carbocycles. The Morgan fingerprint density at radius 3 is 3.16 bits per heavy atom. The summed E-state index contributed by atoms with van der Waals surface area (Å²) in [4.78, 5) is 10.9. The van der Waals surface area contributed by atoms with Crippen LogP contribution in [-0.2, 0) is 19.6 Å². The molecule has 1 aliphatic heterocycles. The molecule has 0 radical (unpaired) electrons. The second-order valence-electron chi connectivity index (χ2n) is 4.85. The molecule has 0 bridgehead atoms. The summed E-state index contributed by atoms with van der Waals surface area (Å²) in [6.45, 7) is 6.07. The van der Waals surface area contributed by atoms with Gasteiger partial charge in [-0.25, -0.2) is 4.98 Å². The minimum absolute atomic E-state index is 0.885. The van der Waals surface area contributed by atoms with Gasteiger partial charge in [0.1, 0.15) is 5.82 Å². The van der Waals surface area contributed by atoms with Crippen LogP contribution in [0.4, 0.5) is 0 Å². The normalized spacial score (nSPS) is 15.4. The largest absolute Gasteiger partial charge is 0.333 e. The first kappa shape index (κ1) is 12.3. The van der Waals surface area contributed by atoms with Gasteiger partial charge in [-0.1, -0.05) is 6.07 Å². The Hall–Kier alpha value is -1.72. The number of aromatic nitrogens is 3. The lowest BCUT2D eigenvalue weighted by molar-refractivity contribution is 0.217. The van der Waals surface area contributed by atoms with Crippen molar-refractivity contribution in [2.24, 2.45) is 0 Å². The third kappa shape index (κ3) is 3.19. The maximum atomic E-state index is 4.38. The summed E-state index contributed by atoms with van der Waals surface area (Å²) < 4.78 is 2.24. The number of imidazole rings is 1. The van der Waals surface area contributed by atoms with Gasteiger partial charge in [0.15, 0.2) is 0 Å². The van der Waals surface area contributed by atoms with Gasteiger partial charge < -0.3 is 9.88 Å². The van der Waals surface area contributed by atoms with E-state index in [1.54, 1.807) is 6.20 Å². The molecule has 0 fully saturated rings. The van der Waals surface area contributed by atoms with Gasteiger partial charge in [0, 0.05) is 57.5 Å². The van der Waals surface area contributed by atoms with Crippen molar-refractivity contribution in [1.82, 2.24) is 24.8 Å². The fourth-order valence-corrected chi connectivity index (χ4v) is 2.39. The molecule has 0 amide bonds. The van der Waals surface area contributed by atoms with Crippen molar-refractivity contribution in [1.29, 1.82) is 0 Å². The molecule has 0 saturated heterocycles. The third-order valence-electron chi connectivity index (χ3n) is 3.48. The Labute approximate surface area is 113 Å². The zero-order valence-electron chi connectivity index (χ0n) is 11.0. The van der Waals surface area contributed by atoms with E-state index < -0.39 is 0 Å². The summed E-state index contributed by atoms with van der Waals surface area (Å²) in [6, 6.07) is 4.07. The average molecular weight is 257 g/mol.